The van der Waals surface area contributed by atoms with Gasteiger partial charge in [0.15, 0.2) is 5.78 Å². The quantitative estimate of drug-likeness (QED) is 0.764. The van der Waals surface area contributed by atoms with Crippen LogP contribution in [0, 0.1) is 5.92 Å². The van der Waals surface area contributed by atoms with Crippen LogP contribution < -0.4 is 0 Å². The molecule has 2 amide bonds. The van der Waals surface area contributed by atoms with Gasteiger partial charge in [-0.3, -0.25) is 19.4 Å². The summed E-state index contributed by atoms with van der Waals surface area (Å²) in [4.78, 5) is 46.5. The number of amides is 2. The van der Waals surface area contributed by atoms with E-state index in [1.54, 1.807) is 30.5 Å². The second kappa shape index (κ2) is 7.23. The number of rotatable bonds is 3. The van der Waals surface area contributed by atoms with Crippen molar-refractivity contribution in [2.75, 3.05) is 19.6 Å². The minimum atomic E-state index is -0.0724. The molecule has 2 aromatic rings. The first kappa shape index (κ1) is 17.9. The number of aromatic nitrogens is 1. The number of thiophene rings is 1. The zero-order valence-corrected chi connectivity index (χ0v) is 15.9. The van der Waals surface area contributed by atoms with Gasteiger partial charge in [0, 0.05) is 31.9 Å². The van der Waals surface area contributed by atoms with Gasteiger partial charge >= 0.3 is 0 Å². The molecule has 7 heteroatoms. The molecule has 27 heavy (non-hydrogen) atoms. The highest BCUT2D eigenvalue weighted by atomic mass is 32.1. The number of pyridine rings is 1. The van der Waals surface area contributed by atoms with Gasteiger partial charge in [-0.15, -0.1) is 11.3 Å². The Bertz CT molecular complexity index is 880. The predicted octanol–water partition coefficient (Wildman–Crippen LogP) is 2.72. The Morgan fingerprint density at radius 1 is 1.00 bits per heavy atom. The lowest BCUT2D eigenvalue weighted by molar-refractivity contribution is 0.0578. The molecule has 0 radical (unpaired) electrons. The maximum atomic E-state index is 13.0. The highest BCUT2D eigenvalue weighted by molar-refractivity contribution is 7.15. The second-order valence-corrected chi connectivity index (χ2v) is 8.28. The molecule has 3 aliphatic rings. The molecule has 2 atom stereocenters. The number of carbonyl (C=O) groups excluding carboxylic acids is 3. The number of piperidine rings is 1. The van der Waals surface area contributed by atoms with E-state index < -0.39 is 0 Å². The van der Waals surface area contributed by atoms with E-state index in [1.165, 1.54) is 18.3 Å². The zero-order valence-electron chi connectivity index (χ0n) is 15.1. The van der Waals surface area contributed by atoms with Crippen LogP contribution in [0.15, 0.2) is 36.5 Å². The number of carbonyl (C=O) groups is 3. The first-order valence-corrected chi connectivity index (χ1v) is 9.96. The number of Topliss-reactive ketones (excluding diaryl/α,β-unsaturated/α-hetero) is 1. The highest BCUT2D eigenvalue weighted by Gasteiger charge is 2.39. The Labute approximate surface area is 161 Å². The smallest absolute Gasteiger partial charge is 0.272 e. The molecule has 0 aliphatic carbocycles. The number of hydrogen-bond donors (Lipinski definition) is 0. The van der Waals surface area contributed by atoms with E-state index in [2.05, 4.69) is 4.98 Å². The summed E-state index contributed by atoms with van der Waals surface area (Å²) in [7, 11) is 0. The molecule has 6 nitrogen and oxygen atoms in total. The fraction of sp³-hybridized carbons (Fsp3) is 0.400. The fourth-order valence-electron chi connectivity index (χ4n) is 3.93. The molecule has 0 spiro atoms. The van der Waals surface area contributed by atoms with Crippen LogP contribution in [0.5, 0.6) is 0 Å². The third-order valence-electron chi connectivity index (χ3n) is 5.31. The highest BCUT2D eigenvalue weighted by Crippen LogP contribution is 2.31. The average molecular weight is 383 g/mol. The fourth-order valence-corrected chi connectivity index (χ4v) is 4.79. The molecule has 5 heterocycles. The minimum absolute atomic E-state index is 0.00629. The summed E-state index contributed by atoms with van der Waals surface area (Å²) in [5, 5.41) is 0. The average Bonchev–Trinajstić information content (AvgIpc) is 3.01. The maximum absolute atomic E-state index is 13.0. The van der Waals surface area contributed by atoms with Crippen molar-refractivity contribution in [3.8, 4) is 0 Å². The summed E-state index contributed by atoms with van der Waals surface area (Å²) in [5.41, 5.74) is 0.445. The van der Waals surface area contributed by atoms with Crippen molar-refractivity contribution >= 4 is 28.9 Å². The molecule has 0 N–H and O–H groups in total. The van der Waals surface area contributed by atoms with Gasteiger partial charge in [0.05, 0.1) is 9.75 Å². The van der Waals surface area contributed by atoms with Crippen LogP contribution in [0.2, 0.25) is 0 Å². The van der Waals surface area contributed by atoms with Gasteiger partial charge in [0.2, 0.25) is 0 Å². The van der Waals surface area contributed by atoms with Crippen molar-refractivity contribution in [2.45, 2.75) is 25.8 Å². The van der Waals surface area contributed by atoms with Crippen molar-refractivity contribution in [2.24, 2.45) is 5.92 Å². The van der Waals surface area contributed by atoms with Gasteiger partial charge in [-0.1, -0.05) is 6.07 Å². The topological polar surface area (TPSA) is 70.6 Å². The Morgan fingerprint density at radius 3 is 2.52 bits per heavy atom. The number of nitrogens with zero attached hydrogens (tertiary/aromatic N) is 3. The zero-order chi connectivity index (χ0) is 19.0. The van der Waals surface area contributed by atoms with Crippen molar-refractivity contribution < 1.29 is 14.4 Å². The summed E-state index contributed by atoms with van der Waals surface area (Å²) in [6, 6.07) is 8.79. The van der Waals surface area contributed by atoms with E-state index >= 15 is 0 Å². The lowest BCUT2D eigenvalue weighted by Crippen LogP contribution is -2.47. The second-order valence-electron chi connectivity index (χ2n) is 7.20. The van der Waals surface area contributed by atoms with Gasteiger partial charge in [-0.05, 0) is 49.9 Å². The number of ketones is 1. The molecule has 0 unspecified atom stereocenters. The van der Waals surface area contributed by atoms with E-state index in [4.69, 9.17) is 0 Å². The molecule has 3 fully saturated rings. The Hall–Kier alpha value is -2.54. The first-order valence-electron chi connectivity index (χ1n) is 9.15. The van der Waals surface area contributed by atoms with Crippen molar-refractivity contribution in [3.05, 3.63) is 52.0 Å². The molecule has 140 valence electrons. The Balaban J connectivity index is 1.53. The predicted molar refractivity (Wildman–Crippen MR) is 102 cm³/mol. The van der Waals surface area contributed by atoms with Gasteiger partial charge in [-0.2, -0.15) is 0 Å². The largest absolute Gasteiger partial charge is 0.335 e. The van der Waals surface area contributed by atoms with Crippen LogP contribution in [0.1, 0.15) is 49.6 Å². The third kappa shape index (κ3) is 3.51. The van der Waals surface area contributed by atoms with Crippen LogP contribution in [-0.4, -0.2) is 58.1 Å². The van der Waals surface area contributed by atoms with Crippen molar-refractivity contribution in [1.29, 1.82) is 0 Å². The Kier molecular flexibility index (Phi) is 4.78. The van der Waals surface area contributed by atoms with Gasteiger partial charge in [-0.25, -0.2) is 0 Å². The van der Waals surface area contributed by atoms with Crippen LogP contribution in [0.3, 0.4) is 0 Å². The van der Waals surface area contributed by atoms with Gasteiger partial charge in [0.25, 0.3) is 11.8 Å². The molecule has 3 saturated heterocycles. The SMILES string of the molecule is CC(=O)c1ccc(C(=O)N2C[C@H]3CC[C@@H]2CN(C(=O)c2ccccn2)C3)s1. The maximum Gasteiger partial charge on any atom is 0.272 e. The van der Waals surface area contributed by atoms with Crippen molar-refractivity contribution in [3.63, 3.8) is 0 Å². The lowest BCUT2D eigenvalue weighted by Gasteiger charge is -2.35. The molecule has 0 saturated carbocycles. The summed E-state index contributed by atoms with van der Waals surface area (Å²) in [5.74, 6) is 0.141. The molecule has 3 aliphatic heterocycles. The lowest BCUT2D eigenvalue weighted by atomic mass is 9.95. The summed E-state index contributed by atoms with van der Waals surface area (Å²) in [6.07, 6.45) is 3.54. The molecular weight excluding hydrogens is 362 g/mol. The molecule has 2 aromatic heterocycles. The van der Waals surface area contributed by atoms with Crippen LogP contribution in [0.25, 0.3) is 0 Å². The molecule has 0 aromatic carbocycles. The molecular formula is C20H21N3O3S. The first-order chi connectivity index (χ1) is 13.0. The number of hydrogen-bond acceptors (Lipinski definition) is 5. The van der Waals surface area contributed by atoms with E-state index in [-0.39, 0.29) is 29.6 Å². The van der Waals surface area contributed by atoms with Gasteiger partial charge < -0.3 is 9.80 Å². The standard InChI is InChI=1S/C20H21N3O3S/c1-13(24)17-7-8-18(27-17)20(26)23-11-14-5-6-15(23)12-22(10-14)19(25)16-4-2-3-9-21-16/h2-4,7-9,14-15H,5-6,10-12H2,1H3/t14-,15+/m0/s1. The van der Waals surface area contributed by atoms with E-state index in [1.807, 2.05) is 15.9 Å². The van der Waals surface area contributed by atoms with Crippen LogP contribution in [-0.2, 0) is 0 Å². The van der Waals surface area contributed by atoms with E-state index in [9.17, 15) is 14.4 Å². The summed E-state index contributed by atoms with van der Waals surface area (Å²) in [6.45, 7) is 3.35. The van der Waals surface area contributed by atoms with E-state index in [0.717, 1.165) is 12.8 Å². The van der Waals surface area contributed by atoms with Crippen molar-refractivity contribution in [1.82, 2.24) is 14.8 Å². The van der Waals surface area contributed by atoms with E-state index in [0.29, 0.717) is 35.1 Å². The Morgan fingerprint density at radius 2 is 1.81 bits per heavy atom. The number of fused-ring (bicyclic) bond motifs is 4. The van der Waals surface area contributed by atoms with Crippen LogP contribution >= 0.6 is 11.3 Å². The summed E-state index contributed by atoms with van der Waals surface area (Å²) < 4.78 is 0. The minimum Gasteiger partial charge on any atom is -0.335 e. The van der Waals surface area contributed by atoms with Gasteiger partial charge in [0.1, 0.15) is 5.69 Å². The third-order valence-corrected chi connectivity index (χ3v) is 6.48. The van der Waals surface area contributed by atoms with Crippen LogP contribution in [0.4, 0.5) is 0 Å². The monoisotopic (exact) mass is 383 g/mol. The summed E-state index contributed by atoms with van der Waals surface area (Å²) >= 11 is 1.25. The molecule has 2 bridgehead atoms. The normalized spacial score (nSPS) is 21.8. The molecule has 5 rings (SSSR count).